The molecule has 538 valence electrons. The maximum absolute atomic E-state index is 13.9. The van der Waals surface area contributed by atoms with Crippen LogP contribution in [0.4, 0.5) is 49.6 Å². The van der Waals surface area contributed by atoms with Crippen LogP contribution in [0.1, 0.15) is 172 Å². The van der Waals surface area contributed by atoms with Crippen LogP contribution in [0.5, 0.6) is 11.5 Å². The third kappa shape index (κ3) is 21.4. The molecule has 2 aliphatic heterocycles. The summed E-state index contributed by atoms with van der Waals surface area (Å²) in [6.07, 6.45) is 1.20. The van der Waals surface area contributed by atoms with Gasteiger partial charge in [0.25, 0.3) is 0 Å². The molecular weight excluding hydrogens is 1300 g/mol. The number of hydrogen-bond acceptors (Lipinski definition) is 13. The first-order chi connectivity index (χ1) is 47.8. The number of ether oxygens (including phenoxy) is 2. The van der Waals surface area contributed by atoms with Crippen molar-refractivity contribution in [2.24, 2.45) is 5.92 Å². The van der Waals surface area contributed by atoms with Crippen molar-refractivity contribution in [2.75, 3.05) is 59.0 Å². The Bertz CT molecular complexity index is 4110. The van der Waals surface area contributed by atoms with Gasteiger partial charge in [-0.3, -0.25) is 9.59 Å². The fourth-order valence-electron chi connectivity index (χ4n) is 12.8. The van der Waals surface area contributed by atoms with Crippen molar-refractivity contribution >= 4 is 35.2 Å². The van der Waals surface area contributed by atoms with Gasteiger partial charge in [-0.2, -0.15) is 26.3 Å². The molecule has 0 saturated carbocycles. The SMILES string of the molecule is Cc1cc(CN(Cc2cc(N3CCC(C)(O)CC3)ccc2-c2cc(C(C)C)ccc2C)c2ncc(OCCCC(=O)O)cn2)cc(C(F)(F)F)c1.Cc1cc(CN(Cc2cc(N3CCC(C)CC3)ccc2-c2cc(C(C)C)ccc2C)c2ncc(OCCCC(=O)O)cn2)cc(C(F)(F)F)c1. The van der Waals surface area contributed by atoms with Crippen LogP contribution in [0.2, 0.25) is 0 Å². The number of nitrogens with zero attached hydrogens (tertiary/aromatic N) is 8. The third-order valence-corrected chi connectivity index (χ3v) is 18.8. The molecule has 0 amide bonds. The molecule has 0 atom stereocenters. The second kappa shape index (κ2) is 33.5. The zero-order valence-electron chi connectivity index (χ0n) is 59.5. The third-order valence-electron chi connectivity index (χ3n) is 18.8. The Morgan fingerprint density at radius 1 is 0.535 bits per heavy atom. The average molecular weight is 1390 g/mol. The molecule has 0 spiro atoms. The fraction of sp³-hybridized carbons (Fsp3) is 0.425. The van der Waals surface area contributed by atoms with Crippen LogP contribution in [0.25, 0.3) is 22.3 Å². The number of carboxylic acids is 2. The minimum atomic E-state index is -4.50. The first-order valence-electron chi connectivity index (χ1n) is 34.7. The lowest BCUT2D eigenvalue weighted by molar-refractivity contribution is -0.138. The Balaban J connectivity index is 0.000000235. The normalized spacial score (nSPS) is 14.2. The van der Waals surface area contributed by atoms with E-state index in [1.165, 1.54) is 48.0 Å². The Morgan fingerprint density at radius 3 is 1.29 bits per heavy atom. The van der Waals surface area contributed by atoms with Crippen molar-refractivity contribution in [3.8, 4) is 33.8 Å². The maximum Gasteiger partial charge on any atom is 0.416 e. The van der Waals surface area contributed by atoms with Crippen molar-refractivity contribution in [1.29, 1.82) is 0 Å². The van der Waals surface area contributed by atoms with Crippen LogP contribution >= 0.6 is 0 Å². The molecule has 21 heteroatoms. The minimum Gasteiger partial charge on any atom is -0.490 e. The highest BCUT2D eigenvalue weighted by Crippen LogP contribution is 2.40. The van der Waals surface area contributed by atoms with Crippen molar-refractivity contribution in [2.45, 2.75) is 177 Å². The molecule has 0 aliphatic carbocycles. The molecule has 3 N–H and O–H groups in total. The van der Waals surface area contributed by atoms with E-state index in [4.69, 9.17) is 19.7 Å². The summed E-state index contributed by atoms with van der Waals surface area (Å²) in [6.45, 7) is 24.9. The highest BCUT2D eigenvalue weighted by molar-refractivity contribution is 5.76. The number of piperidine rings is 2. The molecule has 2 saturated heterocycles. The Kier molecular flexibility index (Phi) is 25.2. The summed E-state index contributed by atoms with van der Waals surface area (Å²) < 4.78 is 94.7. The van der Waals surface area contributed by atoms with Gasteiger partial charge in [-0.1, -0.05) is 106 Å². The summed E-state index contributed by atoms with van der Waals surface area (Å²) in [5, 5.41) is 28.5. The van der Waals surface area contributed by atoms with E-state index in [-0.39, 0.29) is 45.7 Å². The Morgan fingerprint density at radius 2 is 0.921 bits per heavy atom. The summed E-state index contributed by atoms with van der Waals surface area (Å²) in [5.74, 6) is 0.922. The first-order valence-corrected chi connectivity index (χ1v) is 34.7. The quantitative estimate of drug-likeness (QED) is 0.0344. The predicted molar refractivity (Wildman–Crippen MR) is 385 cm³/mol. The summed E-state index contributed by atoms with van der Waals surface area (Å²) in [7, 11) is 0. The monoisotopic (exact) mass is 1390 g/mol. The van der Waals surface area contributed by atoms with Crippen molar-refractivity contribution in [3.05, 3.63) is 201 Å². The fourth-order valence-corrected chi connectivity index (χ4v) is 12.8. The van der Waals surface area contributed by atoms with Crippen molar-refractivity contribution < 1.29 is 60.7 Å². The lowest BCUT2D eigenvalue weighted by Gasteiger charge is -2.37. The molecule has 0 bridgehead atoms. The van der Waals surface area contributed by atoms with Crippen LogP contribution in [-0.4, -0.2) is 92.2 Å². The second-order valence-corrected chi connectivity index (χ2v) is 28.0. The highest BCUT2D eigenvalue weighted by atomic mass is 19.4. The number of aliphatic hydroxyl groups is 1. The lowest BCUT2D eigenvalue weighted by atomic mass is 9.90. The molecule has 8 aromatic rings. The van der Waals surface area contributed by atoms with E-state index in [0.717, 1.165) is 93.9 Å². The number of halogens is 6. The van der Waals surface area contributed by atoms with Gasteiger partial charge >= 0.3 is 24.3 Å². The number of aliphatic carboxylic acids is 2. The van der Waals surface area contributed by atoms with E-state index in [0.29, 0.717) is 109 Å². The molecule has 6 aromatic carbocycles. The highest BCUT2D eigenvalue weighted by Gasteiger charge is 2.34. The van der Waals surface area contributed by atoms with Gasteiger partial charge in [-0.05, 0) is 206 Å². The van der Waals surface area contributed by atoms with E-state index >= 15 is 0 Å². The number of anilines is 4. The molecule has 10 rings (SSSR count). The minimum absolute atomic E-state index is 0.0134. The number of aryl methyl sites for hydroxylation is 4. The van der Waals surface area contributed by atoms with Gasteiger partial charge in [0, 0.05) is 76.6 Å². The molecular formula is C80H94F6N8O7. The van der Waals surface area contributed by atoms with Gasteiger partial charge < -0.3 is 44.4 Å². The average Bonchev–Trinajstić information content (AvgIpc) is 0.791. The molecule has 4 heterocycles. The van der Waals surface area contributed by atoms with E-state index in [1.807, 2.05) is 16.7 Å². The second-order valence-electron chi connectivity index (χ2n) is 28.0. The molecule has 101 heavy (non-hydrogen) atoms. The van der Waals surface area contributed by atoms with Crippen LogP contribution in [0, 0.1) is 33.6 Å². The topological polar surface area (TPSA) is 178 Å². The predicted octanol–water partition coefficient (Wildman–Crippen LogP) is 18.3. The first kappa shape index (κ1) is 76.0. The van der Waals surface area contributed by atoms with Crippen LogP contribution < -0.4 is 29.1 Å². The summed E-state index contributed by atoms with van der Waals surface area (Å²) in [4.78, 5) is 48.6. The zero-order valence-corrected chi connectivity index (χ0v) is 59.5. The smallest absolute Gasteiger partial charge is 0.416 e. The van der Waals surface area contributed by atoms with Crippen LogP contribution in [-0.2, 0) is 48.1 Å². The number of carbonyl (C=O) groups is 2. The lowest BCUT2D eigenvalue weighted by Crippen LogP contribution is -2.42. The van der Waals surface area contributed by atoms with Gasteiger partial charge in [0.2, 0.25) is 11.9 Å². The molecule has 15 nitrogen and oxygen atoms in total. The number of rotatable bonds is 26. The largest absolute Gasteiger partial charge is 0.490 e. The number of benzene rings is 6. The zero-order chi connectivity index (χ0) is 72.9. The number of aromatic nitrogens is 4. The Hall–Kier alpha value is -9.24. The van der Waals surface area contributed by atoms with Crippen LogP contribution in [0.3, 0.4) is 0 Å². The van der Waals surface area contributed by atoms with Gasteiger partial charge in [-0.25, -0.2) is 19.9 Å². The summed E-state index contributed by atoms with van der Waals surface area (Å²) in [6, 6.07) is 34.2. The standard InChI is InChI=1S/C40H47F3N4O4.C40H47F3N4O3/c1-26(2)30-9-8-28(4)36(21-30)35-11-10-33(46-14-12-39(5,50)13-15-46)20-31(35)25-47(24-29-17-27(3)18-32(19-29)40(41,42)43)38-44-22-34(23-45-38)51-16-6-7-37(48)49;1-26(2)31-9-8-29(5)37(21-31)36-11-10-34(46-14-12-27(3)13-15-46)20-32(36)25-47(24-30-17-28(4)18-33(19-30)40(41,42)43)39-44-22-35(23-45-39)50-16-6-7-38(48)49/h8-11,17-23,26,50H,6-7,12-16,24-25H2,1-5H3,(H,48,49);8-11,17-23,26-27H,6-7,12-16,24-25H2,1-5H3,(H,48,49). The number of hydrogen-bond donors (Lipinski definition) is 3. The molecule has 0 unspecified atom stereocenters. The summed E-state index contributed by atoms with van der Waals surface area (Å²) >= 11 is 0. The van der Waals surface area contributed by atoms with Gasteiger partial charge in [0.1, 0.15) is 0 Å². The van der Waals surface area contributed by atoms with E-state index < -0.39 is 41.0 Å². The molecule has 2 fully saturated rings. The van der Waals surface area contributed by atoms with E-state index in [9.17, 15) is 41.0 Å². The van der Waals surface area contributed by atoms with Gasteiger partial charge in [-0.15, -0.1) is 0 Å². The number of alkyl halides is 6. The Labute approximate surface area is 589 Å². The van der Waals surface area contributed by atoms with Gasteiger partial charge in [0.05, 0.1) is 54.7 Å². The molecule has 0 radical (unpaired) electrons. The number of carboxylic acid groups (broad SMARTS) is 2. The van der Waals surface area contributed by atoms with E-state index in [2.05, 4.69) is 151 Å². The van der Waals surface area contributed by atoms with Crippen LogP contribution in [0.15, 0.2) is 134 Å². The maximum atomic E-state index is 13.9. The van der Waals surface area contributed by atoms with Crippen molar-refractivity contribution in [3.63, 3.8) is 0 Å². The molecule has 2 aliphatic rings. The van der Waals surface area contributed by atoms with Crippen molar-refractivity contribution in [1.82, 2.24) is 19.9 Å². The van der Waals surface area contributed by atoms with Gasteiger partial charge in [0.15, 0.2) is 11.5 Å². The van der Waals surface area contributed by atoms with E-state index in [1.54, 1.807) is 26.0 Å². The summed E-state index contributed by atoms with van der Waals surface area (Å²) in [5.41, 5.74) is 12.9. The molecule has 2 aromatic heterocycles.